The molecule has 0 spiro atoms. The predicted octanol–water partition coefficient (Wildman–Crippen LogP) is 2.51. The highest BCUT2D eigenvalue weighted by atomic mass is 35.5. The normalized spacial score (nSPS) is 17.9. The van der Waals surface area contributed by atoms with Gasteiger partial charge < -0.3 is 14.6 Å². The molecule has 1 amide bonds. The Hall–Kier alpha value is -1.85. The van der Waals surface area contributed by atoms with Crippen molar-refractivity contribution in [1.29, 1.82) is 0 Å². The fourth-order valence-electron chi connectivity index (χ4n) is 2.57. The molecule has 0 unspecified atom stereocenters. The molecule has 0 aliphatic carbocycles. The molecule has 0 saturated carbocycles. The Labute approximate surface area is 136 Å². The topological polar surface area (TPSA) is 58.4 Å². The third-order valence-electron chi connectivity index (χ3n) is 3.77. The Balaban J connectivity index is 0.00000176. The van der Waals surface area contributed by atoms with Gasteiger partial charge in [-0.05, 0) is 26.0 Å². The molecule has 1 aliphatic heterocycles. The first kappa shape index (κ1) is 16.5. The second kappa shape index (κ2) is 6.94. The molecule has 1 aromatic heterocycles. The van der Waals surface area contributed by atoms with E-state index in [0.29, 0.717) is 23.9 Å². The van der Waals surface area contributed by atoms with Crippen molar-refractivity contribution < 1.29 is 9.21 Å². The van der Waals surface area contributed by atoms with Gasteiger partial charge in [0.1, 0.15) is 0 Å². The van der Waals surface area contributed by atoms with Gasteiger partial charge in [-0.1, -0.05) is 18.2 Å². The van der Waals surface area contributed by atoms with Crippen molar-refractivity contribution in [3.63, 3.8) is 0 Å². The Kier molecular flexibility index (Phi) is 5.21. The maximum atomic E-state index is 12.6. The first-order valence-electron chi connectivity index (χ1n) is 7.21. The predicted molar refractivity (Wildman–Crippen MR) is 87.3 cm³/mol. The number of aromatic nitrogens is 1. The molecule has 2 aromatic rings. The summed E-state index contributed by atoms with van der Waals surface area (Å²) in [5, 5.41) is 3.28. The van der Waals surface area contributed by atoms with Crippen LogP contribution in [0.15, 0.2) is 34.7 Å². The summed E-state index contributed by atoms with van der Waals surface area (Å²) in [5.74, 6) is 0.776. The highest BCUT2D eigenvalue weighted by molar-refractivity contribution is 5.93. The number of piperazine rings is 1. The number of oxazole rings is 1. The lowest BCUT2D eigenvalue weighted by atomic mass is 10.2. The number of carbonyl (C=O) groups excluding carboxylic acids is 1. The summed E-state index contributed by atoms with van der Waals surface area (Å²) in [6, 6.07) is 9.80. The van der Waals surface area contributed by atoms with Crippen molar-refractivity contribution in [2.24, 2.45) is 0 Å². The van der Waals surface area contributed by atoms with Crippen LogP contribution >= 0.6 is 12.4 Å². The number of aryl methyl sites for hydroxylation is 1. The van der Waals surface area contributed by atoms with Crippen LogP contribution in [0.1, 0.15) is 23.2 Å². The summed E-state index contributed by atoms with van der Waals surface area (Å²) in [7, 11) is 0. The Morgan fingerprint density at radius 2 is 2.09 bits per heavy atom. The number of halogens is 1. The summed E-state index contributed by atoms with van der Waals surface area (Å²) >= 11 is 0. The number of hydrogen-bond acceptors (Lipinski definition) is 4. The number of benzene rings is 1. The second-order valence-electron chi connectivity index (χ2n) is 5.35. The molecule has 1 fully saturated rings. The molecule has 118 valence electrons. The fraction of sp³-hybridized carbons (Fsp3) is 0.375. The van der Waals surface area contributed by atoms with E-state index in [9.17, 15) is 4.79 Å². The van der Waals surface area contributed by atoms with E-state index in [4.69, 9.17) is 4.42 Å². The quantitative estimate of drug-likeness (QED) is 0.923. The molecule has 1 N–H and O–H groups in total. The van der Waals surface area contributed by atoms with E-state index in [-0.39, 0.29) is 24.4 Å². The van der Waals surface area contributed by atoms with E-state index >= 15 is 0 Å². The zero-order valence-corrected chi connectivity index (χ0v) is 13.5. The van der Waals surface area contributed by atoms with Gasteiger partial charge in [-0.25, -0.2) is 4.98 Å². The van der Waals surface area contributed by atoms with E-state index in [1.165, 1.54) is 0 Å². The fourth-order valence-corrected chi connectivity index (χ4v) is 2.57. The highest BCUT2D eigenvalue weighted by Crippen LogP contribution is 2.23. The van der Waals surface area contributed by atoms with E-state index in [2.05, 4.69) is 10.3 Å². The SMILES string of the molecule is Cc1nc(-c2ccccc2)oc1C(=O)N1CCNC[C@@H]1C.Cl. The number of nitrogens with zero attached hydrogens (tertiary/aromatic N) is 2. The van der Waals surface area contributed by atoms with Crippen LogP contribution in [0, 0.1) is 6.92 Å². The van der Waals surface area contributed by atoms with Crippen molar-refractivity contribution >= 4 is 18.3 Å². The van der Waals surface area contributed by atoms with Crippen molar-refractivity contribution in [2.45, 2.75) is 19.9 Å². The van der Waals surface area contributed by atoms with Gasteiger partial charge in [0.25, 0.3) is 5.91 Å². The second-order valence-corrected chi connectivity index (χ2v) is 5.35. The molecule has 0 radical (unpaired) electrons. The van der Waals surface area contributed by atoms with Crippen LogP contribution in [0.5, 0.6) is 0 Å². The molecule has 1 atom stereocenters. The van der Waals surface area contributed by atoms with Crippen molar-refractivity contribution in [1.82, 2.24) is 15.2 Å². The van der Waals surface area contributed by atoms with Gasteiger partial charge in [0, 0.05) is 31.2 Å². The van der Waals surface area contributed by atoms with Crippen LogP contribution in [0.2, 0.25) is 0 Å². The Bertz CT molecular complexity index is 642. The largest absolute Gasteiger partial charge is 0.431 e. The van der Waals surface area contributed by atoms with Crippen LogP contribution in [0.4, 0.5) is 0 Å². The highest BCUT2D eigenvalue weighted by Gasteiger charge is 2.28. The van der Waals surface area contributed by atoms with Gasteiger partial charge in [-0.3, -0.25) is 4.79 Å². The molecule has 0 bridgehead atoms. The molecule has 3 rings (SSSR count). The minimum absolute atomic E-state index is 0. The molecular formula is C16H20ClN3O2. The van der Waals surface area contributed by atoms with Crippen LogP contribution in [0.3, 0.4) is 0 Å². The van der Waals surface area contributed by atoms with Gasteiger partial charge in [0.05, 0.1) is 5.69 Å². The van der Waals surface area contributed by atoms with E-state index < -0.39 is 0 Å². The first-order valence-corrected chi connectivity index (χ1v) is 7.21. The molecule has 1 aromatic carbocycles. The van der Waals surface area contributed by atoms with Gasteiger partial charge in [0.15, 0.2) is 0 Å². The minimum atomic E-state index is -0.0730. The van der Waals surface area contributed by atoms with Crippen LogP contribution in [-0.4, -0.2) is 41.5 Å². The smallest absolute Gasteiger partial charge is 0.291 e. The van der Waals surface area contributed by atoms with Crippen molar-refractivity contribution in [2.75, 3.05) is 19.6 Å². The summed E-state index contributed by atoms with van der Waals surface area (Å²) in [4.78, 5) is 18.9. The van der Waals surface area contributed by atoms with Crippen LogP contribution in [0.25, 0.3) is 11.5 Å². The van der Waals surface area contributed by atoms with Crippen LogP contribution in [-0.2, 0) is 0 Å². The van der Waals surface area contributed by atoms with E-state index in [1.54, 1.807) is 0 Å². The maximum Gasteiger partial charge on any atom is 0.291 e. The maximum absolute atomic E-state index is 12.6. The first-order chi connectivity index (χ1) is 10.2. The third-order valence-corrected chi connectivity index (χ3v) is 3.77. The number of amides is 1. The minimum Gasteiger partial charge on any atom is -0.431 e. The van der Waals surface area contributed by atoms with E-state index in [1.807, 2.05) is 49.1 Å². The summed E-state index contributed by atoms with van der Waals surface area (Å²) in [5.41, 5.74) is 1.53. The number of nitrogens with one attached hydrogen (secondary N) is 1. The Morgan fingerprint density at radius 1 is 1.36 bits per heavy atom. The van der Waals surface area contributed by atoms with Gasteiger partial charge >= 0.3 is 0 Å². The molecular weight excluding hydrogens is 302 g/mol. The third kappa shape index (κ3) is 3.15. The number of hydrogen-bond donors (Lipinski definition) is 1. The van der Waals surface area contributed by atoms with Crippen molar-refractivity contribution in [3.05, 3.63) is 41.8 Å². The lowest BCUT2D eigenvalue weighted by molar-refractivity contribution is 0.0623. The number of carbonyl (C=O) groups is 1. The summed E-state index contributed by atoms with van der Waals surface area (Å²) in [6.07, 6.45) is 0. The standard InChI is InChI=1S/C16H19N3O2.ClH/c1-11-10-17-8-9-19(11)16(20)14-12(2)18-15(21-14)13-6-4-3-5-7-13;/h3-7,11,17H,8-10H2,1-2H3;1H/t11-;/m0./s1. The van der Waals surface area contributed by atoms with Gasteiger partial charge in [0.2, 0.25) is 11.7 Å². The average molecular weight is 322 g/mol. The van der Waals surface area contributed by atoms with Crippen molar-refractivity contribution in [3.8, 4) is 11.5 Å². The Morgan fingerprint density at radius 3 is 2.77 bits per heavy atom. The lowest BCUT2D eigenvalue weighted by Crippen LogP contribution is -2.52. The summed E-state index contributed by atoms with van der Waals surface area (Å²) in [6.45, 7) is 6.17. The lowest BCUT2D eigenvalue weighted by Gasteiger charge is -2.33. The molecule has 5 nitrogen and oxygen atoms in total. The van der Waals surface area contributed by atoms with Gasteiger partial charge in [-0.2, -0.15) is 0 Å². The monoisotopic (exact) mass is 321 g/mol. The van der Waals surface area contributed by atoms with E-state index in [0.717, 1.165) is 18.7 Å². The van der Waals surface area contributed by atoms with Crippen LogP contribution < -0.4 is 5.32 Å². The molecule has 1 saturated heterocycles. The number of rotatable bonds is 2. The molecule has 6 heteroatoms. The average Bonchev–Trinajstić information content (AvgIpc) is 2.90. The van der Waals surface area contributed by atoms with Gasteiger partial charge in [-0.15, -0.1) is 12.4 Å². The summed E-state index contributed by atoms with van der Waals surface area (Å²) < 4.78 is 5.74. The zero-order valence-electron chi connectivity index (χ0n) is 12.7. The molecule has 1 aliphatic rings. The molecule has 22 heavy (non-hydrogen) atoms. The molecule has 2 heterocycles. The zero-order chi connectivity index (χ0) is 14.8.